The smallest absolute Gasteiger partial charge is 0.335 e. The van der Waals surface area contributed by atoms with Gasteiger partial charge in [0.1, 0.15) is 11.5 Å². The molecule has 1 aromatic rings. The van der Waals surface area contributed by atoms with Crippen molar-refractivity contribution in [1.82, 2.24) is 0 Å². The summed E-state index contributed by atoms with van der Waals surface area (Å²) in [4.78, 5) is 23.6. The lowest BCUT2D eigenvalue weighted by Crippen LogP contribution is -2.41. The SMILES string of the molecule is CC(C)(C(=O)c1cccc(C(=O)O)c1)[S+]1CCCC1. The van der Waals surface area contributed by atoms with E-state index in [0.717, 1.165) is 11.5 Å². The van der Waals surface area contributed by atoms with E-state index in [0.29, 0.717) is 5.56 Å². The summed E-state index contributed by atoms with van der Waals surface area (Å²) in [7, 11) is 0.118. The molecule has 102 valence electrons. The number of benzene rings is 1. The van der Waals surface area contributed by atoms with Crippen LogP contribution in [0.15, 0.2) is 24.3 Å². The molecule has 2 rings (SSSR count). The monoisotopic (exact) mass is 279 g/mol. The number of aromatic carboxylic acids is 1. The second kappa shape index (κ2) is 5.37. The van der Waals surface area contributed by atoms with Crippen molar-refractivity contribution in [3.8, 4) is 0 Å². The van der Waals surface area contributed by atoms with Crippen LogP contribution >= 0.6 is 0 Å². The van der Waals surface area contributed by atoms with Gasteiger partial charge >= 0.3 is 5.97 Å². The molecule has 19 heavy (non-hydrogen) atoms. The topological polar surface area (TPSA) is 54.4 Å². The van der Waals surface area contributed by atoms with Crippen LogP contribution in [0.3, 0.4) is 0 Å². The first-order valence-electron chi connectivity index (χ1n) is 6.48. The van der Waals surface area contributed by atoms with Gasteiger partial charge in [-0.1, -0.05) is 12.1 Å². The number of carbonyl (C=O) groups is 2. The number of rotatable bonds is 4. The number of carbonyl (C=O) groups excluding carboxylic acids is 1. The minimum absolute atomic E-state index is 0.0702. The van der Waals surface area contributed by atoms with Crippen LogP contribution in [-0.2, 0) is 10.9 Å². The third-order valence-corrected chi connectivity index (χ3v) is 6.86. The Balaban J connectivity index is 2.27. The zero-order chi connectivity index (χ0) is 14.0. The molecule has 0 radical (unpaired) electrons. The highest BCUT2D eigenvalue weighted by atomic mass is 32.2. The van der Waals surface area contributed by atoms with Gasteiger partial charge in [-0.25, -0.2) is 4.79 Å². The second-order valence-electron chi connectivity index (χ2n) is 5.33. The number of ketones is 1. The maximum atomic E-state index is 12.6. The molecule has 1 fully saturated rings. The van der Waals surface area contributed by atoms with E-state index in [1.807, 2.05) is 13.8 Å². The molecule has 1 aliphatic heterocycles. The van der Waals surface area contributed by atoms with E-state index in [4.69, 9.17) is 5.11 Å². The summed E-state index contributed by atoms with van der Waals surface area (Å²) < 4.78 is -0.381. The molecule has 1 heterocycles. The Hall–Kier alpha value is -1.29. The van der Waals surface area contributed by atoms with Crippen molar-refractivity contribution in [3.05, 3.63) is 35.4 Å². The van der Waals surface area contributed by atoms with Crippen molar-refractivity contribution < 1.29 is 14.7 Å². The van der Waals surface area contributed by atoms with Gasteiger partial charge in [-0.15, -0.1) is 0 Å². The van der Waals surface area contributed by atoms with E-state index in [9.17, 15) is 9.59 Å². The van der Waals surface area contributed by atoms with Gasteiger partial charge < -0.3 is 5.11 Å². The van der Waals surface area contributed by atoms with Crippen LogP contribution in [0.4, 0.5) is 0 Å². The Morgan fingerprint density at radius 3 is 2.32 bits per heavy atom. The molecule has 0 aromatic heterocycles. The molecular weight excluding hydrogens is 260 g/mol. The summed E-state index contributed by atoms with van der Waals surface area (Å²) in [6.45, 7) is 3.99. The lowest BCUT2D eigenvalue weighted by molar-refractivity contribution is 0.0697. The molecule has 0 aliphatic carbocycles. The molecule has 0 atom stereocenters. The number of carboxylic acid groups (broad SMARTS) is 1. The van der Waals surface area contributed by atoms with Gasteiger partial charge in [0.05, 0.1) is 5.56 Å². The molecular formula is C15H19O3S+. The van der Waals surface area contributed by atoms with Gasteiger partial charge in [0.2, 0.25) is 5.78 Å². The van der Waals surface area contributed by atoms with Gasteiger partial charge in [0.25, 0.3) is 0 Å². The van der Waals surface area contributed by atoms with E-state index in [-0.39, 0.29) is 27.0 Å². The first-order valence-corrected chi connectivity index (χ1v) is 8.05. The lowest BCUT2D eigenvalue weighted by atomic mass is 9.98. The minimum Gasteiger partial charge on any atom is -0.478 e. The van der Waals surface area contributed by atoms with Gasteiger partial charge in [-0.3, -0.25) is 4.79 Å². The van der Waals surface area contributed by atoms with E-state index in [2.05, 4.69) is 0 Å². The summed E-state index contributed by atoms with van der Waals surface area (Å²) in [5.41, 5.74) is 0.695. The molecule has 0 bridgehead atoms. The third kappa shape index (κ3) is 2.84. The Morgan fingerprint density at radius 2 is 1.74 bits per heavy atom. The van der Waals surface area contributed by atoms with Gasteiger partial charge in [0.15, 0.2) is 4.75 Å². The average molecular weight is 279 g/mol. The molecule has 0 saturated carbocycles. The largest absolute Gasteiger partial charge is 0.478 e. The zero-order valence-corrected chi connectivity index (χ0v) is 12.1. The predicted octanol–water partition coefficient (Wildman–Crippen LogP) is 2.76. The molecule has 0 amide bonds. The van der Waals surface area contributed by atoms with Crippen LogP contribution in [0.5, 0.6) is 0 Å². The quantitative estimate of drug-likeness (QED) is 0.681. The lowest BCUT2D eigenvalue weighted by Gasteiger charge is -2.21. The number of hydrogen-bond donors (Lipinski definition) is 1. The molecule has 0 spiro atoms. The molecule has 1 aromatic carbocycles. The fraction of sp³-hybridized carbons (Fsp3) is 0.467. The summed E-state index contributed by atoms with van der Waals surface area (Å²) >= 11 is 0. The Morgan fingerprint density at radius 1 is 1.16 bits per heavy atom. The molecule has 4 heteroatoms. The summed E-state index contributed by atoms with van der Waals surface area (Å²) in [5.74, 6) is 1.32. The van der Waals surface area contributed by atoms with Crippen LogP contribution in [0.25, 0.3) is 0 Å². The Labute approximate surface area is 116 Å². The van der Waals surface area contributed by atoms with Crippen LogP contribution in [0.1, 0.15) is 47.4 Å². The predicted molar refractivity (Wildman–Crippen MR) is 78.1 cm³/mol. The van der Waals surface area contributed by atoms with Crippen LogP contribution in [0, 0.1) is 0 Å². The fourth-order valence-corrected chi connectivity index (χ4v) is 5.15. The maximum Gasteiger partial charge on any atom is 0.335 e. The van der Waals surface area contributed by atoms with Gasteiger partial charge in [-0.05, 0) is 38.8 Å². The van der Waals surface area contributed by atoms with E-state index in [1.54, 1.807) is 12.1 Å². The van der Waals surface area contributed by atoms with Crippen molar-refractivity contribution in [2.75, 3.05) is 11.5 Å². The second-order valence-corrected chi connectivity index (χ2v) is 8.16. The highest BCUT2D eigenvalue weighted by molar-refractivity contribution is 7.99. The Kier molecular flexibility index (Phi) is 3.99. The zero-order valence-electron chi connectivity index (χ0n) is 11.3. The van der Waals surface area contributed by atoms with Crippen LogP contribution < -0.4 is 0 Å². The van der Waals surface area contributed by atoms with E-state index >= 15 is 0 Å². The number of hydrogen-bond acceptors (Lipinski definition) is 2. The van der Waals surface area contributed by atoms with Crippen molar-refractivity contribution >= 4 is 22.6 Å². The van der Waals surface area contributed by atoms with Crippen molar-refractivity contribution in [2.24, 2.45) is 0 Å². The number of Topliss-reactive ketones (excluding diaryl/α,β-unsaturated/α-hetero) is 1. The molecule has 0 unspecified atom stereocenters. The van der Waals surface area contributed by atoms with Crippen LogP contribution in [0.2, 0.25) is 0 Å². The normalized spacial score (nSPS) is 16.5. The van der Waals surface area contributed by atoms with Crippen molar-refractivity contribution in [3.63, 3.8) is 0 Å². The first kappa shape index (κ1) is 14.1. The van der Waals surface area contributed by atoms with Crippen LogP contribution in [-0.4, -0.2) is 33.1 Å². The fourth-order valence-electron chi connectivity index (χ4n) is 2.44. The van der Waals surface area contributed by atoms with Crippen molar-refractivity contribution in [1.29, 1.82) is 0 Å². The Bertz CT molecular complexity index is 502. The molecule has 1 saturated heterocycles. The van der Waals surface area contributed by atoms with Crippen molar-refractivity contribution in [2.45, 2.75) is 31.4 Å². The van der Waals surface area contributed by atoms with E-state index < -0.39 is 5.97 Å². The maximum absolute atomic E-state index is 12.6. The van der Waals surface area contributed by atoms with E-state index in [1.165, 1.54) is 25.0 Å². The van der Waals surface area contributed by atoms with Gasteiger partial charge in [0, 0.05) is 16.5 Å². The number of carboxylic acids is 1. The summed E-state index contributed by atoms with van der Waals surface area (Å²) in [5, 5.41) is 9.00. The highest BCUT2D eigenvalue weighted by Gasteiger charge is 2.47. The summed E-state index contributed by atoms with van der Waals surface area (Å²) in [6, 6.07) is 6.37. The standard InChI is InChI=1S/C15H18O3S/c1-15(2,19-8-3-4-9-19)13(16)11-6-5-7-12(10-11)14(17)18/h5-7,10H,3-4,8-9H2,1-2H3/p+1. The molecule has 3 nitrogen and oxygen atoms in total. The van der Waals surface area contributed by atoms with Gasteiger partial charge in [-0.2, -0.15) is 0 Å². The average Bonchev–Trinajstić information content (AvgIpc) is 2.92. The molecule has 1 aliphatic rings. The molecule has 1 N–H and O–H groups in total. The first-order chi connectivity index (χ1) is 8.93. The minimum atomic E-state index is -0.990. The highest BCUT2D eigenvalue weighted by Crippen LogP contribution is 2.30. The summed E-state index contributed by atoms with van der Waals surface area (Å²) in [6.07, 6.45) is 2.41. The third-order valence-electron chi connectivity index (χ3n) is 3.67.